The number of hydrogen-bond donors (Lipinski definition) is 2. The fourth-order valence-corrected chi connectivity index (χ4v) is 15.2. The van der Waals surface area contributed by atoms with Crippen LogP contribution in [0, 0.1) is 0 Å². The summed E-state index contributed by atoms with van der Waals surface area (Å²) in [5.74, 6) is 0. The molecule has 101 heavy (non-hydrogen) atoms. The van der Waals surface area contributed by atoms with Gasteiger partial charge < -0.3 is 171 Å². The van der Waals surface area contributed by atoms with Gasteiger partial charge in [-0.2, -0.15) is 0 Å². The smallest absolute Gasteiger partial charge is 0.187 e. The Morgan fingerprint density at radius 1 is 0.218 bits per heavy atom. The van der Waals surface area contributed by atoms with Crippen molar-refractivity contribution in [2.75, 3.05) is 202 Å². The predicted molar refractivity (Wildman–Crippen MR) is 342 cm³/mol. The molecule has 592 valence electrons. The second kappa shape index (κ2) is 42.5. The SMILES string of the molecule is COC[C@H]1O[C@@H]2O[C@H]3[C@H](OC)[C@@H](OC)[C@@H](O[C@H]4[C@H](OC)[C@@H](OC)[C@@H](O[C@H]5[C@H](OC)[C@@H](OC)[C@@H](O[C@H]6[C@H](OC)[C@@H](OC)[C@@H](O[C@H]7[C@H](OC)[C@@H](OC)[C@@H](O[C@H]8[C@H](OC)[C@@H](OC)[C@@H](O[C@H]1[C@H](OC)[C@H]2OC)O[C@@H]8CNCCCO)O[C@@H]7COC)O[C@@H]6COC)O[C@@H]5COC)O[C@@H]4COC)O[C@@H]3COC. The Hall–Kier alpha value is -1.44. The molecule has 21 rings (SSSR count). The molecule has 0 amide bonds. The van der Waals surface area contributed by atoms with Crippen LogP contribution < -0.4 is 5.32 Å². The largest absolute Gasteiger partial charge is 0.396 e. The van der Waals surface area contributed by atoms with Crippen molar-refractivity contribution >= 4 is 0 Å². The lowest BCUT2D eigenvalue weighted by Crippen LogP contribution is -2.69. The van der Waals surface area contributed by atoms with Crippen molar-refractivity contribution in [3.05, 3.63) is 0 Å². The van der Waals surface area contributed by atoms with Crippen molar-refractivity contribution in [2.45, 2.75) is 221 Å². The summed E-state index contributed by atoms with van der Waals surface area (Å²) in [6.45, 7) is 0.205. The summed E-state index contributed by atoms with van der Waals surface area (Å²) < 4.78 is 221. The highest BCUT2D eigenvalue weighted by Gasteiger charge is 2.62. The summed E-state index contributed by atoms with van der Waals surface area (Å²) in [7, 11) is 30.2. The Kier molecular flexibility index (Phi) is 35.8. The first-order valence-electron chi connectivity index (χ1n) is 34.0. The molecule has 0 aromatic carbocycles. The normalized spacial score (nSPS) is 45.1. The summed E-state index contributed by atoms with van der Waals surface area (Å²) in [5.41, 5.74) is 0. The maximum Gasteiger partial charge on any atom is 0.187 e. The molecule has 14 bridgehead atoms. The second-order valence-electron chi connectivity index (χ2n) is 25.3. The molecule has 21 heterocycles. The van der Waals surface area contributed by atoms with E-state index in [1.54, 1.807) is 0 Å². The van der Waals surface area contributed by atoms with Crippen LogP contribution in [0.15, 0.2) is 0 Å². The van der Waals surface area contributed by atoms with Crippen molar-refractivity contribution < 1.29 is 166 Å². The van der Waals surface area contributed by atoms with E-state index < -0.39 is 215 Å². The van der Waals surface area contributed by atoms with Crippen LogP contribution in [0.4, 0.5) is 0 Å². The molecule has 21 aliphatic rings. The third-order valence-corrected chi connectivity index (χ3v) is 19.8. The summed E-state index contributed by atoms with van der Waals surface area (Å²) in [6, 6.07) is 0. The van der Waals surface area contributed by atoms with Crippen LogP contribution in [-0.2, 0) is 161 Å². The highest BCUT2D eigenvalue weighted by Crippen LogP contribution is 2.43. The minimum atomic E-state index is -1.23. The van der Waals surface area contributed by atoms with E-state index in [4.69, 9.17) is 161 Å². The Bertz CT molecular complexity index is 2250. The Balaban J connectivity index is 1.24. The maximum absolute atomic E-state index is 9.88. The summed E-state index contributed by atoms with van der Waals surface area (Å²) in [6.07, 6.45) is -35.8. The number of methoxy groups -OCH3 is 20. The Morgan fingerprint density at radius 3 is 0.525 bits per heavy atom. The van der Waals surface area contributed by atoms with Crippen LogP contribution in [0.2, 0.25) is 0 Å². The number of hydrogen-bond acceptors (Lipinski definition) is 36. The topological polar surface area (TPSA) is 346 Å². The first-order valence-corrected chi connectivity index (χ1v) is 34.0. The molecule has 36 heteroatoms. The van der Waals surface area contributed by atoms with Gasteiger partial charge in [0.05, 0.1) is 39.6 Å². The molecule has 2 N–H and O–H groups in total. The minimum absolute atomic E-state index is 0.0426. The van der Waals surface area contributed by atoms with Gasteiger partial charge in [-0.1, -0.05) is 0 Å². The summed E-state index contributed by atoms with van der Waals surface area (Å²) in [4.78, 5) is 0. The lowest BCUT2D eigenvalue weighted by molar-refractivity contribution is -0.402. The molecule has 0 radical (unpaired) electrons. The third-order valence-electron chi connectivity index (χ3n) is 19.8. The van der Waals surface area contributed by atoms with E-state index in [1.807, 2.05) is 0 Å². The van der Waals surface area contributed by atoms with E-state index in [-0.39, 0.29) is 52.8 Å². The molecular formula is C65H117NO35. The Labute approximate surface area is 592 Å². The molecule has 35 atom stereocenters. The maximum atomic E-state index is 9.88. The molecule has 0 saturated carbocycles. The highest BCUT2D eigenvalue weighted by atomic mass is 16.8. The number of aliphatic hydroxyl groups is 1. The molecule has 0 aromatic heterocycles. The molecule has 21 saturated heterocycles. The number of aliphatic hydroxyl groups excluding tert-OH is 1. The van der Waals surface area contributed by atoms with Crippen molar-refractivity contribution in [3.8, 4) is 0 Å². The molecule has 0 aliphatic carbocycles. The first kappa shape index (κ1) is 85.2. The standard InChI is InChI=1S/C65H117NO35/c1-68-25-32-39-46(75-8)54(83-16)61(90-32)98-41-34(27-70-3)92-63(56(85-18)48(41)77-10)100-43-36(29-72-5)94-65(58(87-20)50(43)79-12)101-44-37(30-73-6)93-64(57(86-19)51(44)80-13)99-42-35(28-71-4)91-62(55(84-17)49(42)78-11)97-40-33(26-69-2)89-60(53(82-15)47(40)76-9)95-38-31(24-66-22-21-23-67)88-59(96-39)52(81-14)45(38)74-7/h31-67H,21-30H2,1-20H3/t31-,32-,33-,34-,35-,36-,37-,38-,39-,40-,41-,42-,43-,44-,45+,46+,47+,48+,49+,50+,51+,52-,53-,54-,55-,56-,57-,58-,59-,60-,61-,62-,63-,64-,65-/m1/s1. The summed E-state index contributed by atoms with van der Waals surface area (Å²) >= 11 is 0. The van der Waals surface area contributed by atoms with Crippen LogP contribution in [-0.4, -0.2) is 422 Å². The van der Waals surface area contributed by atoms with Gasteiger partial charge in [0.15, 0.2) is 44.0 Å². The zero-order valence-electron chi connectivity index (χ0n) is 62.1. The van der Waals surface area contributed by atoms with Crippen molar-refractivity contribution in [1.82, 2.24) is 5.32 Å². The average molecular weight is 1470 g/mol. The van der Waals surface area contributed by atoms with Crippen LogP contribution in [0.1, 0.15) is 6.42 Å². The van der Waals surface area contributed by atoms with Gasteiger partial charge in [-0.15, -0.1) is 0 Å². The van der Waals surface area contributed by atoms with Gasteiger partial charge in [0.1, 0.15) is 171 Å². The van der Waals surface area contributed by atoms with E-state index >= 15 is 0 Å². The molecule has 0 aromatic rings. The molecule has 21 aliphatic heterocycles. The highest BCUT2D eigenvalue weighted by molar-refractivity contribution is 5.04. The fourth-order valence-electron chi connectivity index (χ4n) is 15.2. The van der Waals surface area contributed by atoms with E-state index in [2.05, 4.69) is 5.32 Å². The van der Waals surface area contributed by atoms with Crippen LogP contribution in [0.5, 0.6) is 0 Å². The Morgan fingerprint density at radius 2 is 0.376 bits per heavy atom. The van der Waals surface area contributed by atoms with E-state index in [0.717, 1.165) is 0 Å². The number of ether oxygens (including phenoxy) is 34. The lowest BCUT2D eigenvalue weighted by atomic mass is 9.94. The second-order valence-corrected chi connectivity index (χ2v) is 25.3. The molecule has 0 spiro atoms. The van der Waals surface area contributed by atoms with Gasteiger partial charge >= 0.3 is 0 Å². The van der Waals surface area contributed by atoms with Gasteiger partial charge in [0, 0.05) is 155 Å². The zero-order valence-corrected chi connectivity index (χ0v) is 62.1. The molecule has 21 fully saturated rings. The van der Waals surface area contributed by atoms with Crippen LogP contribution in [0.25, 0.3) is 0 Å². The quantitative estimate of drug-likeness (QED) is 0.0698. The third kappa shape index (κ3) is 19.2. The van der Waals surface area contributed by atoms with Gasteiger partial charge in [0.2, 0.25) is 0 Å². The summed E-state index contributed by atoms with van der Waals surface area (Å²) in [5, 5.41) is 13.3. The molecular weight excluding hydrogens is 1350 g/mol. The van der Waals surface area contributed by atoms with Crippen molar-refractivity contribution in [1.29, 1.82) is 0 Å². The van der Waals surface area contributed by atoms with E-state index in [9.17, 15) is 5.11 Å². The van der Waals surface area contributed by atoms with E-state index in [1.165, 1.54) is 142 Å². The van der Waals surface area contributed by atoms with E-state index in [0.29, 0.717) is 13.0 Å². The van der Waals surface area contributed by atoms with Gasteiger partial charge in [-0.3, -0.25) is 0 Å². The zero-order chi connectivity index (χ0) is 73.0. The minimum Gasteiger partial charge on any atom is -0.396 e. The number of nitrogens with one attached hydrogen (secondary N) is 1. The van der Waals surface area contributed by atoms with Gasteiger partial charge in [0.25, 0.3) is 0 Å². The molecule has 0 unspecified atom stereocenters. The van der Waals surface area contributed by atoms with Crippen LogP contribution in [0.3, 0.4) is 0 Å². The monoisotopic (exact) mass is 1470 g/mol. The number of rotatable bonds is 31. The van der Waals surface area contributed by atoms with Crippen LogP contribution >= 0.6 is 0 Å². The molecule has 36 nitrogen and oxygen atoms in total. The van der Waals surface area contributed by atoms with Crippen molar-refractivity contribution in [2.24, 2.45) is 0 Å². The van der Waals surface area contributed by atoms with Crippen molar-refractivity contribution in [3.63, 3.8) is 0 Å². The lowest BCUT2D eigenvalue weighted by Gasteiger charge is -2.52. The first-order chi connectivity index (χ1) is 49.2. The fraction of sp³-hybridized carbons (Fsp3) is 1.00. The average Bonchev–Trinajstić information content (AvgIpc) is 0.782. The van der Waals surface area contributed by atoms with Gasteiger partial charge in [-0.25, -0.2) is 0 Å². The predicted octanol–water partition coefficient (Wildman–Crippen LogP) is -2.17. The van der Waals surface area contributed by atoms with Gasteiger partial charge in [-0.05, 0) is 13.0 Å².